The zero-order chi connectivity index (χ0) is 17.6. The van der Waals surface area contributed by atoms with E-state index in [-0.39, 0.29) is 22.2 Å². The molecule has 1 radical (unpaired) electrons. The summed E-state index contributed by atoms with van der Waals surface area (Å²) in [7, 11) is 0. The second-order valence-corrected chi connectivity index (χ2v) is 10.1. The molecule has 1 aromatic carbocycles. The molecule has 0 spiro atoms. The molecule has 0 fully saturated rings. The molecule has 7 heteroatoms. The van der Waals surface area contributed by atoms with Crippen LogP contribution in [0.15, 0.2) is 52.4 Å². The molecule has 0 aliphatic rings. The minimum atomic E-state index is -0.841. The molecular weight excluding hydrogens is 463 g/mol. The van der Waals surface area contributed by atoms with Gasteiger partial charge in [-0.2, -0.15) is 0 Å². The van der Waals surface area contributed by atoms with Gasteiger partial charge in [-0.15, -0.1) is 0 Å². The Bertz CT molecular complexity index is 871. The van der Waals surface area contributed by atoms with Crippen molar-refractivity contribution in [3.05, 3.63) is 69.3 Å². The van der Waals surface area contributed by atoms with Crippen molar-refractivity contribution in [2.45, 2.75) is 19.3 Å². The van der Waals surface area contributed by atoms with Crippen LogP contribution in [0, 0.1) is 0 Å². The van der Waals surface area contributed by atoms with E-state index in [9.17, 15) is 4.79 Å². The number of carbonyl (C=O) groups is 1. The number of halogens is 1. The predicted molar refractivity (Wildman–Crippen MR) is 104 cm³/mol. The summed E-state index contributed by atoms with van der Waals surface area (Å²) in [5.74, 6) is -0.841. The van der Waals surface area contributed by atoms with Gasteiger partial charge >= 0.3 is 166 Å². The molecule has 0 saturated carbocycles. The number of aryl methyl sites for hydroxylation is 2. The van der Waals surface area contributed by atoms with Crippen molar-refractivity contribution in [3.8, 4) is 0 Å². The maximum atomic E-state index is 10.9. The van der Waals surface area contributed by atoms with E-state index in [0.29, 0.717) is 0 Å². The Morgan fingerprint density at radius 1 is 1.24 bits per heavy atom. The van der Waals surface area contributed by atoms with Crippen LogP contribution in [0.4, 0.5) is 0 Å². The first-order valence-corrected chi connectivity index (χ1v) is 11.2. The van der Waals surface area contributed by atoms with Crippen LogP contribution in [0.3, 0.4) is 0 Å². The fourth-order valence-electron chi connectivity index (χ4n) is 2.30. The first-order chi connectivity index (χ1) is 12.1. The number of aliphatic carboxylic acids is 1. The van der Waals surface area contributed by atoms with E-state index >= 15 is 0 Å². The Morgan fingerprint density at radius 2 is 2.04 bits per heavy atom. The number of carboxylic acid groups (broad SMARTS) is 1. The van der Waals surface area contributed by atoms with E-state index in [1.165, 1.54) is 5.56 Å². The fraction of sp³-hybridized carbons (Fsp3) is 0.167. The molecule has 0 saturated heterocycles. The van der Waals surface area contributed by atoms with Crippen LogP contribution in [0.2, 0.25) is 0 Å². The van der Waals surface area contributed by atoms with Crippen LogP contribution in [-0.4, -0.2) is 36.8 Å². The molecule has 3 aromatic rings. The zero-order valence-corrected chi connectivity index (χ0v) is 17.5. The van der Waals surface area contributed by atoms with Gasteiger partial charge in [0.25, 0.3) is 0 Å². The molecule has 2 heterocycles. The summed E-state index contributed by atoms with van der Waals surface area (Å²) in [5.41, 5.74) is 3.19. The molecule has 127 valence electrons. The number of benzene rings is 1. The van der Waals surface area contributed by atoms with E-state index in [0.717, 1.165) is 36.8 Å². The van der Waals surface area contributed by atoms with Gasteiger partial charge in [-0.1, -0.05) is 0 Å². The average molecular weight is 478 g/mol. The van der Waals surface area contributed by atoms with Crippen LogP contribution in [0.1, 0.15) is 16.8 Å². The number of nitrogens with zero attached hydrogens (tertiary/aromatic N) is 2. The molecular formula is C18H15AsBrN2O2S. The minimum absolute atomic E-state index is 0.00256. The maximum absolute atomic E-state index is 10.9. The van der Waals surface area contributed by atoms with Crippen LogP contribution in [0.25, 0.3) is 0 Å². The number of carboxylic acids is 1. The number of pyridine rings is 1. The van der Waals surface area contributed by atoms with E-state index in [4.69, 9.17) is 10.1 Å². The molecule has 0 atom stereocenters. The zero-order valence-electron chi connectivity index (χ0n) is 13.2. The standard InChI is InChI=1S/C18H15AsBrN2O2S/c20-15-10-21-16(8-13(15)9-17(23)24)19-18-22-14(11-25-18)7-6-12-4-2-1-3-5-12/h1-5,8,10-11H,6-7,9H2,(H,23,24). The van der Waals surface area contributed by atoms with Gasteiger partial charge in [0.2, 0.25) is 0 Å². The summed E-state index contributed by atoms with van der Waals surface area (Å²) in [6.07, 6.45) is 3.60. The van der Waals surface area contributed by atoms with E-state index < -0.39 is 5.97 Å². The summed E-state index contributed by atoms with van der Waals surface area (Å²) >= 11 is 4.70. The van der Waals surface area contributed by atoms with Gasteiger partial charge in [0.05, 0.1) is 0 Å². The van der Waals surface area contributed by atoms with E-state index in [1.807, 2.05) is 12.1 Å². The van der Waals surface area contributed by atoms with Crippen molar-refractivity contribution < 1.29 is 9.90 Å². The van der Waals surface area contributed by atoms with Crippen molar-refractivity contribution in [1.29, 1.82) is 0 Å². The van der Waals surface area contributed by atoms with Gasteiger partial charge in [0.1, 0.15) is 0 Å². The summed E-state index contributed by atoms with van der Waals surface area (Å²) in [4.78, 5) is 20.1. The summed E-state index contributed by atoms with van der Waals surface area (Å²) in [5, 5.41) is 11.1. The molecule has 2 aromatic heterocycles. The Labute approximate surface area is 165 Å². The second kappa shape index (κ2) is 8.74. The first kappa shape index (κ1) is 18.3. The quantitative estimate of drug-likeness (QED) is 0.530. The fourth-order valence-corrected chi connectivity index (χ4v) is 5.94. The van der Waals surface area contributed by atoms with Crippen LogP contribution >= 0.6 is 27.3 Å². The topological polar surface area (TPSA) is 63.1 Å². The Kier molecular flexibility index (Phi) is 6.40. The second-order valence-electron chi connectivity index (χ2n) is 5.42. The summed E-state index contributed by atoms with van der Waals surface area (Å²) in [6, 6.07) is 12.3. The number of hydrogen-bond acceptors (Lipinski definition) is 4. The Hall–Kier alpha value is -1.49. The Morgan fingerprint density at radius 3 is 2.80 bits per heavy atom. The van der Waals surface area contributed by atoms with Gasteiger partial charge in [-0.3, -0.25) is 0 Å². The van der Waals surface area contributed by atoms with Gasteiger partial charge in [-0.25, -0.2) is 0 Å². The molecule has 0 unspecified atom stereocenters. The van der Waals surface area contributed by atoms with Crippen molar-refractivity contribution in [3.63, 3.8) is 0 Å². The summed E-state index contributed by atoms with van der Waals surface area (Å²) in [6.45, 7) is 0. The molecule has 3 rings (SSSR count). The van der Waals surface area contributed by atoms with Crippen molar-refractivity contribution in [2.75, 3.05) is 0 Å². The molecule has 4 nitrogen and oxygen atoms in total. The molecule has 0 amide bonds. The average Bonchev–Trinajstić information content (AvgIpc) is 3.04. The third-order valence-electron chi connectivity index (χ3n) is 3.52. The normalized spacial score (nSPS) is 11.2. The summed E-state index contributed by atoms with van der Waals surface area (Å²) < 4.78 is 2.76. The third-order valence-corrected chi connectivity index (χ3v) is 7.67. The van der Waals surface area contributed by atoms with Crippen molar-refractivity contribution >= 4 is 57.3 Å². The SMILES string of the molecule is O=C(O)Cc1cc([As]c2nc(CCc3ccccc3)cs2)ncc1Br. The Balaban J connectivity index is 1.64. The van der Waals surface area contributed by atoms with Gasteiger partial charge in [0.15, 0.2) is 0 Å². The van der Waals surface area contributed by atoms with Gasteiger partial charge < -0.3 is 0 Å². The number of hydrogen-bond donors (Lipinski definition) is 1. The predicted octanol–water partition coefficient (Wildman–Crippen LogP) is 2.37. The molecule has 0 bridgehead atoms. The third kappa shape index (κ3) is 5.49. The van der Waals surface area contributed by atoms with Crippen LogP contribution in [-0.2, 0) is 24.1 Å². The van der Waals surface area contributed by atoms with Gasteiger partial charge in [0, 0.05) is 0 Å². The van der Waals surface area contributed by atoms with Crippen molar-refractivity contribution in [1.82, 2.24) is 9.97 Å². The van der Waals surface area contributed by atoms with E-state index in [1.54, 1.807) is 17.5 Å². The number of rotatable bonds is 7. The van der Waals surface area contributed by atoms with Gasteiger partial charge in [-0.05, 0) is 0 Å². The van der Waals surface area contributed by atoms with Crippen molar-refractivity contribution in [2.24, 2.45) is 0 Å². The number of thiazole rings is 1. The first-order valence-electron chi connectivity index (χ1n) is 7.66. The van der Waals surface area contributed by atoms with Crippen LogP contribution < -0.4 is 8.28 Å². The van der Waals surface area contributed by atoms with Crippen LogP contribution in [0.5, 0.6) is 0 Å². The monoisotopic (exact) mass is 477 g/mol. The van der Waals surface area contributed by atoms with E-state index in [2.05, 4.69) is 50.6 Å². The number of aromatic nitrogens is 2. The molecule has 25 heavy (non-hydrogen) atoms. The molecule has 0 aliphatic heterocycles. The molecule has 1 N–H and O–H groups in total. The molecule has 0 aliphatic carbocycles.